The molecule has 0 aliphatic heterocycles. The third-order valence-corrected chi connectivity index (χ3v) is 6.41. The number of nitriles is 1. The first-order valence-electron chi connectivity index (χ1n) is 11.5. The largest absolute Gasteiger partial charge is 0.507 e. The minimum Gasteiger partial charge on any atom is -0.507 e. The molecular formula is C24H27N5O7. The summed E-state index contributed by atoms with van der Waals surface area (Å²) in [5.41, 5.74) is 0.294. The number of ether oxygens (including phenoxy) is 3. The smallest absolute Gasteiger partial charge is 0.407 e. The van der Waals surface area contributed by atoms with E-state index in [2.05, 4.69) is 26.9 Å². The number of aromatic nitrogens is 2. The normalized spacial score (nSPS) is 19.6. The number of carbonyl (C=O) groups excluding carboxylic acids is 3. The van der Waals surface area contributed by atoms with Gasteiger partial charge in [0.25, 0.3) is 5.91 Å². The average molecular weight is 498 g/mol. The zero-order valence-corrected chi connectivity index (χ0v) is 19.7. The van der Waals surface area contributed by atoms with Crippen LogP contribution in [-0.4, -0.2) is 59.0 Å². The van der Waals surface area contributed by atoms with Crippen molar-refractivity contribution in [1.29, 1.82) is 5.26 Å². The number of aldehydes is 1. The number of benzene rings is 1. The van der Waals surface area contributed by atoms with Gasteiger partial charge in [-0.2, -0.15) is 10.4 Å². The van der Waals surface area contributed by atoms with Crippen LogP contribution in [-0.2, 0) is 9.53 Å². The topological polar surface area (TPSA) is 176 Å². The molecule has 0 radical (unpaired) electrons. The van der Waals surface area contributed by atoms with Gasteiger partial charge in [-0.15, -0.1) is 0 Å². The molecule has 2 amide bonds. The Bertz CT molecular complexity index is 1180. The number of nitrogens with one attached hydrogen (secondary N) is 3. The van der Waals surface area contributed by atoms with E-state index < -0.39 is 24.1 Å². The van der Waals surface area contributed by atoms with Gasteiger partial charge in [-0.05, 0) is 32.1 Å². The van der Waals surface area contributed by atoms with Gasteiger partial charge in [0, 0.05) is 29.8 Å². The maximum absolute atomic E-state index is 12.3. The Kier molecular flexibility index (Phi) is 7.28. The molecular weight excluding hydrogens is 470 g/mol. The number of amides is 2. The van der Waals surface area contributed by atoms with Gasteiger partial charge in [-0.1, -0.05) is 0 Å². The van der Waals surface area contributed by atoms with Gasteiger partial charge < -0.3 is 30.0 Å². The first kappa shape index (κ1) is 24.8. The van der Waals surface area contributed by atoms with Crippen molar-refractivity contribution < 1.29 is 33.7 Å². The van der Waals surface area contributed by atoms with E-state index in [-0.39, 0.29) is 41.3 Å². The van der Waals surface area contributed by atoms with Gasteiger partial charge in [0.1, 0.15) is 23.4 Å². The van der Waals surface area contributed by atoms with Crippen molar-refractivity contribution in [1.82, 2.24) is 15.5 Å². The molecule has 0 spiro atoms. The number of aromatic hydroxyl groups is 1. The lowest BCUT2D eigenvalue weighted by Crippen LogP contribution is -2.38. The first-order valence-corrected chi connectivity index (χ1v) is 11.5. The van der Waals surface area contributed by atoms with Crippen molar-refractivity contribution in [3.63, 3.8) is 0 Å². The number of rotatable bonds is 10. The summed E-state index contributed by atoms with van der Waals surface area (Å²) in [6.45, 7) is -0.419. The van der Waals surface area contributed by atoms with E-state index in [9.17, 15) is 19.5 Å². The number of carbonyl (C=O) groups is 3. The number of anilines is 1. The molecule has 4 N–H and O–H groups in total. The number of nitrogens with zero attached hydrogens (tertiary/aromatic N) is 2. The highest BCUT2D eigenvalue weighted by Crippen LogP contribution is 2.39. The summed E-state index contributed by atoms with van der Waals surface area (Å²) in [6, 6.07) is 6.48. The van der Waals surface area contributed by atoms with Gasteiger partial charge in [0.05, 0.1) is 30.7 Å². The molecule has 12 nitrogen and oxygen atoms in total. The van der Waals surface area contributed by atoms with Crippen LogP contribution in [0, 0.1) is 11.3 Å². The second kappa shape index (κ2) is 10.6. The number of H-pyrrole nitrogens is 1. The monoisotopic (exact) mass is 497 g/mol. The first-order chi connectivity index (χ1) is 17.3. The van der Waals surface area contributed by atoms with Crippen LogP contribution in [0.4, 0.5) is 10.6 Å². The minimum atomic E-state index is -0.511. The number of aromatic amines is 1. The molecule has 1 aromatic carbocycles. The van der Waals surface area contributed by atoms with Gasteiger partial charge in [0.15, 0.2) is 18.7 Å². The molecule has 2 saturated carbocycles. The van der Waals surface area contributed by atoms with Crippen LogP contribution >= 0.6 is 0 Å². The Labute approximate surface area is 206 Å². The second-order valence-corrected chi connectivity index (χ2v) is 9.00. The number of phenols is 1. The van der Waals surface area contributed by atoms with E-state index in [1.54, 1.807) is 6.07 Å². The second-order valence-electron chi connectivity index (χ2n) is 9.00. The highest BCUT2D eigenvalue weighted by Gasteiger charge is 2.45. The molecule has 2 aliphatic rings. The Morgan fingerprint density at radius 2 is 2.14 bits per heavy atom. The van der Waals surface area contributed by atoms with E-state index in [0.717, 1.165) is 25.0 Å². The average Bonchev–Trinajstić information content (AvgIpc) is 3.21. The SMILES string of the molecule is COc1cc(O)c(C=O)c(OCC(=O)Nc2cc([C@H]3CC[C@@H](OC(=O)NC4(CC#N)CC4)C3)[nH]n2)c1. The van der Waals surface area contributed by atoms with Crippen LogP contribution in [0.2, 0.25) is 0 Å². The quantitative estimate of drug-likeness (QED) is 0.360. The van der Waals surface area contributed by atoms with Crippen molar-refractivity contribution in [2.24, 2.45) is 0 Å². The Hall–Kier alpha value is -4.27. The van der Waals surface area contributed by atoms with Crippen LogP contribution in [0.1, 0.15) is 60.5 Å². The molecule has 2 fully saturated rings. The lowest BCUT2D eigenvalue weighted by atomic mass is 10.0. The van der Waals surface area contributed by atoms with Crippen molar-refractivity contribution in [3.8, 4) is 23.3 Å². The van der Waals surface area contributed by atoms with Gasteiger partial charge in [-0.3, -0.25) is 14.7 Å². The third kappa shape index (κ3) is 5.86. The number of alkyl carbamates (subject to hydrolysis) is 1. The summed E-state index contributed by atoms with van der Waals surface area (Å²) >= 11 is 0. The highest BCUT2D eigenvalue weighted by atomic mass is 16.6. The molecule has 12 heteroatoms. The summed E-state index contributed by atoms with van der Waals surface area (Å²) in [6.07, 6.45) is 3.66. The highest BCUT2D eigenvalue weighted by molar-refractivity contribution is 5.91. The van der Waals surface area contributed by atoms with Crippen LogP contribution < -0.4 is 20.1 Å². The van der Waals surface area contributed by atoms with Gasteiger partial charge in [0.2, 0.25) is 0 Å². The maximum atomic E-state index is 12.3. The van der Waals surface area contributed by atoms with Crippen LogP contribution in [0.15, 0.2) is 18.2 Å². The van der Waals surface area contributed by atoms with Crippen LogP contribution in [0.5, 0.6) is 17.2 Å². The molecule has 2 aromatic rings. The molecule has 0 bridgehead atoms. The van der Waals surface area contributed by atoms with E-state index in [1.165, 1.54) is 19.2 Å². The van der Waals surface area contributed by atoms with E-state index in [1.807, 2.05) is 0 Å². The zero-order valence-electron chi connectivity index (χ0n) is 19.7. The van der Waals surface area contributed by atoms with Crippen LogP contribution in [0.3, 0.4) is 0 Å². The summed E-state index contributed by atoms with van der Waals surface area (Å²) in [5, 5.41) is 31.2. The maximum Gasteiger partial charge on any atom is 0.407 e. The lowest BCUT2D eigenvalue weighted by Gasteiger charge is -2.17. The van der Waals surface area contributed by atoms with Crippen molar-refractivity contribution >= 4 is 24.1 Å². The number of hydrogen-bond donors (Lipinski definition) is 4. The van der Waals surface area contributed by atoms with Crippen molar-refractivity contribution in [3.05, 3.63) is 29.5 Å². The van der Waals surface area contributed by atoms with E-state index in [0.29, 0.717) is 24.9 Å². The molecule has 2 aliphatic carbocycles. The molecule has 0 saturated heterocycles. The Balaban J connectivity index is 1.26. The predicted octanol–water partition coefficient (Wildman–Crippen LogP) is 2.76. The summed E-state index contributed by atoms with van der Waals surface area (Å²) < 4.78 is 16.0. The molecule has 1 heterocycles. The van der Waals surface area contributed by atoms with Gasteiger partial charge >= 0.3 is 6.09 Å². The summed E-state index contributed by atoms with van der Waals surface area (Å²) in [7, 11) is 1.40. The lowest BCUT2D eigenvalue weighted by molar-refractivity contribution is -0.118. The van der Waals surface area contributed by atoms with Gasteiger partial charge in [-0.25, -0.2) is 4.79 Å². The number of methoxy groups -OCH3 is 1. The standard InChI is InChI=1S/C24H27N5O7/c1-34-16-9-19(31)17(12-30)20(10-16)35-13-22(32)26-21-11-18(28-29-21)14-2-3-15(8-14)36-23(33)27-24(4-5-24)6-7-25/h9-12,14-15,31H,2-6,8,13H2,1H3,(H,27,33)(H2,26,28,29,32)/t14-,15+/m0/s1. The molecule has 0 unspecified atom stereocenters. The zero-order chi connectivity index (χ0) is 25.7. The summed E-state index contributed by atoms with van der Waals surface area (Å²) in [4.78, 5) is 35.8. The third-order valence-electron chi connectivity index (χ3n) is 6.41. The Morgan fingerprint density at radius 3 is 2.83 bits per heavy atom. The fourth-order valence-corrected chi connectivity index (χ4v) is 4.25. The Morgan fingerprint density at radius 1 is 1.33 bits per heavy atom. The summed E-state index contributed by atoms with van der Waals surface area (Å²) in [5.74, 6) is -0.153. The van der Waals surface area contributed by atoms with Crippen molar-refractivity contribution in [2.45, 2.75) is 56.1 Å². The minimum absolute atomic E-state index is 0.0148. The van der Waals surface area contributed by atoms with E-state index >= 15 is 0 Å². The molecule has 1 aromatic heterocycles. The molecule has 190 valence electrons. The number of hydrogen-bond acceptors (Lipinski definition) is 9. The number of phenolic OH excluding ortho intramolecular Hbond substituents is 1. The van der Waals surface area contributed by atoms with Crippen molar-refractivity contribution in [2.75, 3.05) is 19.0 Å². The fraction of sp³-hybridized carbons (Fsp3) is 0.458. The molecule has 4 rings (SSSR count). The van der Waals surface area contributed by atoms with Crippen LogP contribution in [0.25, 0.3) is 0 Å². The van der Waals surface area contributed by atoms with E-state index in [4.69, 9.17) is 19.5 Å². The molecule has 36 heavy (non-hydrogen) atoms. The predicted molar refractivity (Wildman–Crippen MR) is 125 cm³/mol. The molecule has 2 atom stereocenters. The fourth-order valence-electron chi connectivity index (χ4n) is 4.25.